The molecule has 0 spiro atoms. The molecule has 9 heteroatoms. The Balaban J connectivity index is 1.65. The predicted molar refractivity (Wildman–Crippen MR) is 110 cm³/mol. The van der Waals surface area contributed by atoms with E-state index in [1.54, 1.807) is 29.4 Å². The van der Waals surface area contributed by atoms with Crippen molar-refractivity contribution in [3.63, 3.8) is 0 Å². The average Bonchev–Trinajstić information content (AvgIpc) is 3.43. The summed E-state index contributed by atoms with van der Waals surface area (Å²) in [5.41, 5.74) is 4.29. The first-order chi connectivity index (χ1) is 14.3. The van der Waals surface area contributed by atoms with Crippen molar-refractivity contribution >= 4 is 28.3 Å². The quantitative estimate of drug-likeness (QED) is 0.510. The lowest BCUT2D eigenvalue weighted by atomic mass is 10.1. The molecule has 0 amide bonds. The Kier molecular flexibility index (Phi) is 4.28. The van der Waals surface area contributed by atoms with E-state index >= 15 is 0 Å². The van der Waals surface area contributed by atoms with Crippen LogP contribution in [0.25, 0.3) is 16.7 Å². The van der Waals surface area contributed by atoms with Gasteiger partial charge in [-0.05, 0) is 49.2 Å². The van der Waals surface area contributed by atoms with E-state index < -0.39 is 18.5 Å². The summed E-state index contributed by atoms with van der Waals surface area (Å²) in [4.78, 5) is 10.9. The zero-order valence-corrected chi connectivity index (χ0v) is 17.1. The second kappa shape index (κ2) is 6.77. The second-order valence-electron chi connectivity index (χ2n) is 7.62. The highest BCUT2D eigenvalue weighted by molar-refractivity contribution is 6.32. The van der Waals surface area contributed by atoms with Crippen LogP contribution >= 0.6 is 11.6 Å². The van der Waals surface area contributed by atoms with E-state index in [1.807, 2.05) is 26.0 Å². The molecule has 1 aliphatic heterocycles. The van der Waals surface area contributed by atoms with Gasteiger partial charge in [-0.15, -0.1) is 4.80 Å². The molecule has 0 saturated carbocycles. The average molecular weight is 428 g/mol. The number of aryl methyl sites for hydroxylation is 2. The smallest absolute Gasteiger partial charge is 0.267 e. The summed E-state index contributed by atoms with van der Waals surface area (Å²) in [6, 6.07) is 9.73. The topological polar surface area (TPSA) is 62.6 Å². The molecule has 3 heterocycles. The Labute approximate surface area is 176 Å². The van der Waals surface area contributed by atoms with E-state index in [0.717, 1.165) is 16.6 Å². The number of halogens is 3. The molecule has 1 fully saturated rings. The number of nitrogens with zero attached hydrogens (tertiary/aromatic N) is 5. The van der Waals surface area contributed by atoms with E-state index in [4.69, 9.17) is 11.6 Å². The van der Waals surface area contributed by atoms with Gasteiger partial charge in [0.05, 0.1) is 41.7 Å². The van der Waals surface area contributed by atoms with Gasteiger partial charge in [-0.25, -0.2) is 13.8 Å². The number of aromatic nitrogens is 5. The number of hydrogen-bond acceptors (Lipinski definition) is 4. The maximum Gasteiger partial charge on any atom is 0.267 e. The molecule has 153 valence electrons. The molecular formula is C21H18ClF2N6. The minimum Gasteiger partial charge on any atom is -0.353 e. The third kappa shape index (κ3) is 3.11. The number of nitrogens with one attached hydrogen (secondary N) is 1. The zero-order chi connectivity index (χ0) is 21.0. The summed E-state index contributed by atoms with van der Waals surface area (Å²) in [5.74, 6) is -2.39. The first-order valence-electron chi connectivity index (χ1n) is 9.50. The first kappa shape index (κ1) is 19.0. The number of imidazole rings is 1. The second-order valence-corrected chi connectivity index (χ2v) is 8.03. The number of anilines is 1. The van der Waals surface area contributed by atoms with Gasteiger partial charge < -0.3 is 9.88 Å². The largest absolute Gasteiger partial charge is 0.353 e. The van der Waals surface area contributed by atoms with Crippen LogP contribution in [0, 0.1) is 19.9 Å². The van der Waals surface area contributed by atoms with Gasteiger partial charge in [0.25, 0.3) is 5.92 Å². The Bertz CT molecular complexity index is 1230. The number of alkyl halides is 2. The van der Waals surface area contributed by atoms with Crippen LogP contribution < -0.4 is 4.90 Å². The highest BCUT2D eigenvalue weighted by atomic mass is 35.5. The van der Waals surface area contributed by atoms with Crippen LogP contribution in [-0.2, 0) is 0 Å². The van der Waals surface area contributed by atoms with E-state index in [9.17, 15) is 8.78 Å². The van der Waals surface area contributed by atoms with Gasteiger partial charge in [0.2, 0.25) is 0 Å². The molecule has 2 aromatic carbocycles. The van der Waals surface area contributed by atoms with Crippen LogP contribution in [0.2, 0.25) is 5.02 Å². The van der Waals surface area contributed by atoms with Crippen LogP contribution in [-0.4, -0.2) is 37.4 Å². The van der Waals surface area contributed by atoms with Crippen LogP contribution in [0.3, 0.4) is 0 Å². The summed E-state index contributed by atoms with van der Waals surface area (Å²) in [6.07, 6.45) is 2.73. The number of rotatable bonds is 3. The standard InChI is InChI=1S/C21H18ClF2N6/c1-12-3-6-16(30-25-7-8-26-30)17(9-12)29-11-21(23,24)10-18(29)20-27-15-5-4-14(22)13(2)19(15)28-20/h3-5,7-9,18H,10-11H2,1-2H3,(H,27,28)/t18-/m0/s1. The Morgan fingerprint density at radius 2 is 2.00 bits per heavy atom. The molecule has 1 radical (unpaired) electrons. The number of benzene rings is 2. The first-order valence-corrected chi connectivity index (χ1v) is 9.88. The van der Waals surface area contributed by atoms with Gasteiger partial charge in [0, 0.05) is 17.5 Å². The molecule has 6 nitrogen and oxygen atoms in total. The highest BCUT2D eigenvalue weighted by Crippen LogP contribution is 2.45. The summed E-state index contributed by atoms with van der Waals surface area (Å²) in [5, 5.41) is 8.91. The fourth-order valence-corrected chi connectivity index (χ4v) is 4.12. The van der Waals surface area contributed by atoms with Gasteiger partial charge in [-0.2, -0.15) is 10.2 Å². The van der Waals surface area contributed by atoms with Crippen molar-refractivity contribution in [2.45, 2.75) is 32.2 Å². The monoisotopic (exact) mass is 427 g/mol. The molecule has 5 rings (SSSR count). The highest BCUT2D eigenvalue weighted by Gasteiger charge is 2.47. The number of aromatic amines is 1. The molecule has 0 bridgehead atoms. The van der Waals surface area contributed by atoms with Crippen molar-refractivity contribution in [1.29, 1.82) is 0 Å². The summed E-state index contributed by atoms with van der Waals surface area (Å²) in [7, 11) is 0. The van der Waals surface area contributed by atoms with E-state index in [1.165, 1.54) is 4.80 Å². The van der Waals surface area contributed by atoms with E-state index in [2.05, 4.69) is 26.2 Å². The molecule has 1 atom stereocenters. The number of hydrogen-bond donors (Lipinski definition) is 1. The molecule has 0 unspecified atom stereocenters. The lowest BCUT2D eigenvalue weighted by Crippen LogP contribution is -2.28. The van der Waals surface area contributed by atoms with Gasteiger partial charge >= 0.3 is 0 Å². The fourth-order valence-electron chi connectivity index (χ4n) is 3.97. The molecule has 1 N–H and O–H groups in total. The number of fused-ring (bicyclic) bond motifs is 1. The van der Waals surface area contributed by atoms with Crippen molar-refractivity contribution in [2.75, 3.05) is 11.4 Å². The summed E-state index contributed by atoms with van der Waals surface area (Å²) < 4.78 is 29.3. The molecule has 1 aliphatic rings. The van der Waals surface area contributed by atoms with Crippen molar-refractivity contribution < 1.29 is 8.78 Å². The van der Waals surface area contributed by atoms with Gasteiger partial charge in [-0.3, -0.25) is 0 Å². The van der Waals surface area contributed by atoms with E-state index in [0.29, 0.717) is 27.7 Å². The molecule has 1 saturated heterocycles. The molecule has 2 aromatic heterocycles. The molecular weight excluding hydrogens is 410 g/mol. The van der Waals surface area contributed by atoms with Crippen LogP contribution in [0.4, 0.5) is 14.5 Å². The molecule has 30 heavy (non-hydrogen) atoms. The minimum atomic E-state index is -2.87. The fraction of sp³-hybridized carbons (Fsp3) is 0.286. The van der Waals surface area contributed by atoms with Crippen LogP contribution in [0.15, 0.2) is 36.7 Å². The third-order valence-corrected chi connectivity index (χ3v) is 5.83. The maximum absolute atomic E-state index is 14.6. The summed E-state index contributed by atoms with van der Waals surface area (Å²) >= 11 is 6.22. The SMILES string of the molecule is Cc1c[c]c(-n2nccn2)c(N2CC(F)(F)C[C@H]2c2nc3c(C)c(Cl)ccc3[nH]2)c1. The predicted octanol–water partition coefficient (Wildman–Crippen LogP) is 4.80. The van der Waals surface area contributed by atoms with Crippen LogP contribution in [0.1, 0.15) is 29.4 Å². The zero-order valence-electron chi connectivity index (χ0n) is 16.3. The third-order valence-electron chi connectivity index (χ3n) is 5.42. The lowest BCUT2D eigenvalue weighted by Gasteiger charge is -2.26. The Morgan fingerprint density at radius 3 is 2.77 bits per heavy atom. The van der Waals surface area contributed by atoms with Gasteiger partial charge in [-0.1, -0.05) is 11.6 Å². The molecule has 0 aliphatic carbocycles. The Hall–Kier alpha value is -3.00. The minimum absolute atomic E-state index is 0.348. The number of H-pyrrole nitrogens is 1. The van der Waals surface area contributed by atoms with Gasteiger partial charge in [0.15, 0.2) is 0 Å². The molecule has 4 aromatic rings. The van der Waals surface area contributed by atoms with Crippen molar-refractivity contribution in [1.82, 2.24) is 25.0 Å². The Morgan fingerprint density at radius 1 is 1.23 bits per heavy atom. The van der Waals surface area contributed by atoms with Crippen molar-refractivity contribution in [2.24, 2.45) is 0 Å². The summed E-state index contributed by atoms with van der Waals surface area (Å²) in [6.45, 7) is 3.34. The van der Waals surface area contributed by atoms with Gasteiger partial charge in [0.1, 0.15) is 11.5 Å². The lowest BCUT2D eigenvalue weighted by molar-refractivity contribution is 0.0220. The van der Waals surface area contributed by atoms with Crippen molar-refractivity contribution in [3.05, 3.63) is 64.7 Å². The maximum atomic E-state index is 14.6. The van der Waals surface area contributed by atoms with Crippen molar-refractivity contribution in [3.8, 4) is 5.69 Å². The normalized spacial score (nSPS) is 18.4. The van der Waals surface area contributed by atoms with Crippen LogP contribution in [0.5, 0.6) is 0 Å². The van der Waals surface area contributed by atoms with E-state index in [-0.39, 0.29) is 6.42 Å².